The highest BCUT2D eigenvalue weighted by Crippen LogP contribution is 2.26. The van der Waals surface area contributed by atoms with E-state index in [0.29, 0.717) is 16.7 Å². The van der Waals surface area contributed by atoms with Crippen molar-refractivity contribution in [2.24, 2.45) is 5.92 Å². The fraction of sp³-hybridized carbons (Fsp3) is 0.444. The Hall–Kier alpha value is -1.37. The first-order valence-corrected chi connectivity index (χ1v) is 10.5. The molecule has 3 rings (SSSR count). The van der Waals surface area contributed by atoms with E-state index in [1.165, 1.54) is 28.2 Å². The van der Waals surface area contributed by atoms with Gasteiger partial charge in [-0.3, -0.25) is 0 Å². The zero-order valence-electron chi connectivity index (χ0n) is 14.4. The average Bonchev–Trinajstić information content (AvgIpc) is 3.17. The molecule has 2 heterocycles. The van der Waals surface area contributed by atoms with Crippen LogP contribution in [0, 0.1) is 26.7 Å². The molecule has 1 N–H and O–H groups in total. The predicted molar refractivity (Wildman–Crippen MR) is 100 cm³/mol. The Morgan fingerprint density at radius 1 is 1.17 bits per heavy atom. The molecule has 2 aromatic rings. The fourth-order valence-electron chi connectivity index (χ4n) is 3.01. The second-order valence-corrected chi connectivity index (χ2v) is 9.87. The summed E-state index contributed by atoms with van der Waals surface area (Å²) < 4.78 is 27.8. The van der Waals surface area contributed by atoms with Crippen LogP contribution in [0.2, 0.25) is 0 Å². The van der Waals surface area contributed by atoms with Gasteiger partial charge in [-0.15, -0.1) is 11.3 Å². The monoisotopic (exact) mass is 364 g/mol. The lowest BCUT2D eigenvalue weighted by Crippen LogP contribution is -2.30. The highest BCUT2D eigenvalue weighted by atomic mass is 32.2. The number of aryl methyl sites for hydroxylation is 3. The van der Waals surface area contributed by atoms with Crippen LogP contribution in [0.4, 0.5) is 5.69 Å². The van der Waals surface area contributed by atoms with Crippen LogP contribution < -0.4 is 9.62 Å². The summed E-state index contributed by atoms with van der Waals surface area (Å²) in [4.78, 5) is 3.36. The van der Waals surface area contributed by atoms with Crippen molar-refractivity contribution in [3.8, 4) is 0 Å². The third kappa shape index (κ3) is 3.82. The van der Waals surface area contributed by atoms with Crippen molar-refractivity contribution in [2.45, 2.75) is 31.4 Å². The van der Waals surface area contributed by atoms with Crippen LogP contribution in [0.1, 0.15) is 22.4 Å². The van der Waals surface area contributed by atoms with Gasteiger partial charge in [-0.2, -0.15) is 0 Å². The Morgan fingerprint density at radius 3 is 2.62 bits per heavy atom. The SMILES string of the molecule is Cc1ccc(S(=O)(=O)NCC2CCN(c3ccc(C)c(C)c3)C2)s1. The summed E-state index contributed by atoms with van der Waals surface area (Å²) in [5, 5.41) is 0. The minimum Gasteiger partial charge on any atom is -0.371 e. The number of hydrogen-bond acceptors (Lipinski definition) is 4. The van der Waals surface area contributed by atoms with E-state index in [2.05, 4.69) is 41.7 Å². The summed E-state index contributed by atoms with van der Waals surface area (Å²) in [6.07, 6.45) is 1.01. The zero-order chi connectivity index (χ0) is 17.3. The number of sulfonamides is 1. The Balaban J connectivity index is 1.59. The number of hydrogen-bond donors (Lipinski definition) is 1. The third-order valence-corrected chi connectivity index (χ3v) is 7.60. The molecule has 24 heavy (non-hydrogen) atoms. The van der Waals surface area contributed by atoms with Crippen molar-refractivity contribution in [1.82, 2.24) is 4.72 Å². The number of thiophene rings is 1. The first-order chi connectivity index (χ1) is 11.3. The molecule has 1 saturated heterocycles. The van der Waals surface area contributed by atoms with Crippen LogP contribution in [-0.4, -0.2) is 28.1 Å². The topological polar surface area (TPSA) is 49.4 Å². The first-order valence-electron chi connectivity index (χ1n) is 8.23. The van der Waals surface area contributed by atoms with Crippen molar-refractivity contribution in [2.75, 3.05) is 24.5 Å². The second-order valence-electron chi connectivity index (χ2n) is 6.59. The van der Waals surface area contributed by atoms with Gasteiger partial charge in [0.1, 0.15) is 4.21 Å². The maximum Gasteiger partial charge on any atom is 0.250 e. The standard InChI is InChI=1S/C18H24N2O2S2/c1-13-4-6-17(10-14(13)2)20-9-8-16(12-20)11-19-24(21,22)18-7-5-15(3)23-18/h4-7,10,16,19H,8-9,11-12H2,1-3H3. The van der Waals surface area contributed by atoms with Crippen LogP contribution >= 0.6 is 11.3 Å². The van der Waals surface area contributed by atoms with Crippen LogP contribution in [0.25, 0.3) is 0 Å². The van der Waals surface area contributed by atoms with Gasteiger partial charge >= 0.3 is 0 Å². The Kier molecular flexibility index (Phi) is 4.99. The van der Waals surface area contributed by atoms with E-state index < -0.39 is 10.0 Å². The molecule has 0 amide bonds. The summed E-state index contributed by atoms with van der Waals surface area (Å²) in [5.41, 5.74) is 3.83. The molecule has 0 bridgehead atoms. The first kappa shape index (κ1) is 17.5. The molecule has 1 unspecified atom stereocenters. The number of nitrogens with one attached hydrogen (secondary N) is 1. The van der Waals surface area contributed by atoms with Gasteiger partial charge in [-0.1, -0.05) is 6.07 Å². The van der Waals surface area contributed by atoms with Crippen molar-refractivity contribution < 1.29 is 8.42 Å². The van der Waals surface area contributed by atoms with E-state index in [4.69, 9.17) is 0 Å². The van der Waals surface area contributed by atoms with Crippen LogP contribution in [0.3, 0.4) is 0 Å². The van der Waals surface area contributed by atoms with E-state index in [0.717, 1.165) is 24.4 Å². The molecule has 0 radical (unpaired) electrons. The fourth-order valence-corrected chi connectivity index (χ4v) is 5.46. The second kappa shape index (κ2) is 6.86. The highest BCUT2D eigenvalue weighted by molar-refractivity contribution is 7.91. The van der Waals surface area contributed by atoms with Gasteiger partial charge in [0, 0.05) is 30.2 Å². The summed E-state index contributed by atoms with van der Waals surface area (Å²) >= 11 is 1.32. The number of rotatable bonds is 5. The van der Waals surface area contributed by atoms with Crippen LogP contribution in [0.5, 0.6) is 0 Å². The average molecular weight is 365 g/mol. The van der Waals surface area contributed by atoms with Crippen molar-refractivity contribution in [3.63, 3.8) is 0 Å². The van der Waals surface area contributed by atoms with E-state index in [-0.39, 0.29) is 0 Å². The normalized spacial score (nSPS) is 18.3. The van der Waals surface area contributed by atoms with E-state index in [1.807, 2.05) is 13.0 Å². The molecular weight excluding hydrogens is 340 g/mol. The van der Waals surface area contributed by atoms with Gasteiger partial charge in [-0.05, 0) is 68.5 Å². The molecule has 130 valence electrons. The lowest BCUT2D eigenvalue weighted by Gasteiger charge is -2.20. The summed E-state index contributed by atoms with van der Waals surface area (Å²) in [6, 6.07) is 10.0. The van der Waals surface area contributed by atoms with Gasteiger partial charge in [0.15, 0.2) is 0 Å². The van der Waals surface area contributed by atoms with Crippen LogP contribution in [-0.2, 0) is 10.0 Å². The molecule has 1 aromatic heterocycles. The lowest BCUT2D eigenvalue weighted by molar-refractivity contribution is 0.543. The maximum atomic E-state index is 12.3. The van der Waals surface area contributed by atoms with Crippen molar-refractivity contribution in [3.05, 3.63) is 46.3 Å². The number of benzene rings is 1. The van der Waals surface area contributed by atoms with Gasteiger partial charge in [0.25, 0.3) is 0 Å². The molecule has 1 aliphatic heterocycles. The number of anilines is 1. The van der Waals surface area contributed by atoms with Crippen molar-refractivity contribution >= 4 is 27.0 Å². The quantitative estimate of drug-likeness (QED) is 0.884. The summed E-state index contributed by atoms with van der Waals surface area (Å²) in [6.45, 7) is 8.54. The zero-order valence-corrected chi connectivity index (χ0v) is 16.0. The summed E-state index contributed by atoms with van der Waals surface area (Å²) in [7, 11) is -3.37. The Morgan fingerprint density at radius 2 is 1.96 bits per heavy atom. The molecule has 1 atom stereocenters. The third-order valence-electron chi connectivity index (χ3n) is 4.68. The molecule has 6 heteroatoms. The largest absolute Gasteiger partial charge is 0.371 e. The molecular formula is C18H24N2O2S2. The number of nitrogens with zero attached hydrogens (tertiary/aromatic N) is 1. The predicted octanol–water partition coefficient (Wildman–Crippen LogP) is 3.48. The molecule has 1 aromatic carbocycles. The minimum atomic E-state index is -3.37. The summed E-state index contributed by atoms with van der Waals surface area (Å²) in [5.74, 6) is 0.349. The molecule has 0 aliphatic carbocycles. The van der Waals surface area contributed by atoms with Crippen molar-refractivity contribution in [1.29, 1.82) is 0 Å². The van der Waals surface area contributed by atoms with Gasteiger partial charge in [0.05, 0.1) is 0 Å². The van der Waals surface area contributed by atoms with E-state index in [9.17, 15) is 8.42 Å². The molecule has 1 fully saturated rings. The van der Waals surface area contributed by atoms with Crippen LogP contribution in [0.15, 0.2) is 34.5 Å². The molecule has 0 spiro atoms. The van der Waals surface area contributed by atoms with Gasteiger partial charge in [0.2, 0.25) is 10.0 Å². The highest BCUT2D eigenvalue weighted by Gasteiger charge is 2.25. The molecule has 4 nitrogen and oxygen atoms in total. The maximum absolute atomic E-state index is 12.3. The van der Waals surface area contributed by atoms with Gasteiger partial charge < -0.3 is 4.90 Å². The molecule has 1 aliphatic rings. The molecule has 0 saturated carbocycles. The Labute approximate surface area is 148 Å². The van der Waals surface area contributed by atoms with E-state index in [1.54, 1.807) is 6.07 Å². The van der Waals surface area contributed by atoms with Gasteiger partial charge in [-0.25, -0.2) is 13.1 Å². The van der Waals surface area contributed by atoms with E-state index >= 15 is 0 Å². The smallest absolute Gasteiger partial charge is 0.250 e. The lowest BCUT2D eigenvalue weighted by atomic mass is 10.1. The Bertz CT molecular complexity index is 827. The minimum absolute atomic E-state index is 0.349.